The number of H-pyrrole nitrogens is 1. The number of aromatic nitrogens is 2. The fraction of sp³-hybridized carbons (Fsp3) is 0.750. The minimum absolute atomic E-state index is 0.200. The van der Waals surface area contributed by atoms with Crippen molar-refractivity contribution in [3.8, 4) is 0 Å². The molecular formula is C8H13N3O3. The highest BCUT2D eigenvalue weighted by Gasteiger charge is 2.14. The summed E-state index contributed by atoms with van der Waals surface area (Å²) < 4.78 is 10.3. The fourth-order valence-electron chi connectivity index (χ4n) is 1.46. The quantitative estimate of drug-likeness (QED) is 0.671. The van der Waals surface area contributed by atoms with E-state index in [0.29, 0.717) is 12.3 Å². The van der Waals surface area contributed by atoms with E-state index in [2.05, 4.69) is 15.5 Å². The second-order valence-corrected chi connectivity index (χ2v) is 3.24. The lowest BCUT2D eigenvalue weighted by atomic mass is 10.2. The van der Waals surface area contributed by atoms with Gasteiger partial charge in [0, 0.05) is 19.5 Å². The standard InChI is InChI=1S/C8H13N3O3/c12-8-11-10-7(14-8)2-1-6-5-9-3-4-13-6/h6,9H,1-5H2,(H,11,12). The van der Waals surface area contributed by atoms with Gasteiger partial charge in [-0.25, -0.2) is 9.89 Å². The van der Waals surface area contributed by atoms with E-state index < -0.39 is 5.76 Å². The number of aryl methyl sites for hydroxylation is 1. The summed E-state index contributed by atoms with van der Waals surface area (Å²) in [4.78, 5) is 10.6. The van der Waals surface area contributed by atoms with E-state index in [-0.39, 0.29) is 6.10 Å². The molecule has 1 atom stereocenters. The summed E-state index contributed by atoms with van der Waals surface area (Å²) in [7, 11) is 0. The highest BCUT2D eigenvalue weighted by Crippen LogP contribution is 2.05. The van der Waals surface area contributed by atoms with E-state index >= 15 is 0 Å². The summed E-state index contributed by atoms with van der Waals surface area (Å²) in [5.41, 5.74) is 0. The van der Waals surface area contributed by atoms with Crippen LogP contribution in [0, 0.1) is 0 Å². The molecule has 0 amide bonds. The van der Waals surface area contributed by atoms with Crippen LogP contribution in [0.4, 0.5) is 0 Å². The van der Waals surface area contributed by atoms with Gasteiger partial charge in [-0.3, -0.25) is 0 Å². The van der Waals surface area contributed by atoms with E-state index in [1.165, 1.54) is 0 Å². The van der Waals surface area contributed by atoms with Gasteiger partial charge in [-0.05, 0) is 6.42 Å². The number of rotatable bonds is 3. The summed E-state index contributed by atoms with van der Waals surface area (Å²) in [5, 5.41) is 9.18. The molecule has 0 bridgehead atoms. The van der Waals surface area contributed by atoms with Gasteiger partial charge < -0.3 is 14.5 Å². The van der Waals surface area contributed by atoms with Crippen LogP contribution < -0.4 is 11.1 Å². The zero-order chi connectivity index (χ0) is 9.80. The Bertz CT molecular complexity index is 327. The maximum atomic E-state index is 10.6. The predicted molar refractivity (Wildman–Crippen MR) is 48.1 cm³/mol. The molecule has 1 saturated heterocycles. The Kier molecular flexibility index (Phi) is 2.95. The molecule has 0 spiro atoms. The number of aromatic amines is 1. The topological polar surface area (TPSA) is 80.2 Å². The van der Waals surface area contributed by atoms with Crippen LogP contribution in [0.3, 0.4) is 0 Å². The Morgan fingerprint density at radius 3 is 3.14 bits per heavy atom. The van der Waals surface area contributed by atoms with Crippen LogP contribution in [0.2, 0.25) is 0 Å². The maximum Gasteiger partial charge on any atom is 0.434 e. The lowest BCUT2D eigenvalue weighted by Gasteiger charge is -2.22. The molecule has 6 nitrogen and oxygen atoms in total. The van der Waals surface area contributed by atoms with Gasteiger partial charge in [0.1, 0.15) is 0 Å². The molecule has 1 unspecified atom stereocenters. The summed E-state index contributed by atoms with van der Waals surface area (Å²) in [6, 6.07) is 0. The van der Waals surface area contributed by atoms with Gasteiger partial charge in [-0.2, -0.15) is 0 Å². The molecule has 6 heteroatoms. The number of nitrogens with zero attached hydrogens (tertiary/aromatic N) is 1. The lowest BCUT2D eigenvalue weighted by Crippen LogP contribution is -2.38. The van der Waals surface area contributed by atoms with Crippen molar-refractivity contribution in [1.82, 2.24) is 15.5 Å². The third-order valence-electron chi connectivity index (χ3n) is 2.17. The lowest BCUT2D eigenvalue weighted by molar-refractivity contribution is 0.0228. The monoisotopic (exact) mass is 199 g/mol. The third kappa shape index (κ3) is 2.43. The maximum absolute atomic E-state index is 10.6. The van der Waals surface area contributed by atoms with Gasteiger partial charge in [0.05, 0.1) is 12.7 Å². The number of ether oxygens (including phenoxy) is 1. The predicted octanol–water partition coefficient (Wildman–Crippen LogP) is -0.716. The Hall–Kier alpha value is -1.14. The van der Waals surface area contributed by atoms with Crippen molar-refractivity contribution in [1.29, 1.82) is 0 Å². The molecule has 1 aliphatic heterocycles. The van der Waals surface area contributed by atoms with E-state index in [1.807, 2.05) is 0 Å². The average Bonchev–Trinajstić information content (AvgIpc) is 2.63. The molecule has 1 aromatic heterocycles. The van der Waals surface area contributed by atoms with Gasteiger partial charge in [0.25, 0.3) is 0 Å². The Morgan fingerprint density at radius 2 is 2.50 bits per heavy atom. The van der Waals surface area contributed by atoms with Crippen molar-refractivity contribution in [3.63, 3.8) is 0 Å². The Morgan fingerprint density at radius 1 is 1.57 bits per heavy atom. The van der Waals surface area contributed by atoms with Crippen LogP contribution in [0.5, 0.6) is 0 Å². The number of morpholine rings is 1. The third-order valence-corrected chi connectivity index (χ3v) is 2.17. The van der Waals surface area contributed by atoms with Crippen LogP contribution >= 0.6 is 0 Å². The van der Waals surface area contributed by atoms with Gasteiger partial charge in [-0.1, -0.05) is 0 Å². The van der Waals surface area contributed by atoms with Gasteiger partial charge in [0.15, 0.2) is 0 Å². The minimum Gasteiger partial charge on any atom is -0.393 e. The SMILES string of the molecule is O=c1[nH]nc(CCC2CNCCO2)o1. The first kappa shape index (κ1) is 9.42. The fourth-order valence-corrected chi connectivity index (χ4v) is 1.46. The van der Waals surface area contributed by atoms with Crippen molar-refractivity contribution in [2.45, 2.75) is 18.9 Å². The smallest absolute Gasteiger partial charge is 0.393 e. The van der Waals surface area contributed by atoms with Crippen molar-refractivity contribution >= 4 is 0 Å². The largest absolute Gasteiger partial charge is 0.434 e. The van der Waals surface area contributed by atoms with Crippen LogP contribution in [0.1, 0.15) is 12.3 Å². The number of hydrogen-bond donors (Lipinski definition) is 2. The molecule has 14 heavy (non-hydrogen) atoms. The molecule has 1 aliphatic rings. The molecule has 2 heterocycles. The van der Waals surface area contributed by atoms with Crippen molar-refractivity contribution in [2.24, 2.45) is 0 Å². The molecule has 2 N–H and O–H groups in total. The van der Waals surface area contributed by atoms with Crippen molar-refractivity contribution in [2.75, 3.05) is 19.7 Å². The number of hydrogen-bond acceptors (Lipinski definition) is 5. The zero-order valence-corrected chi connectivity index (χ0v) is 7.78. The first-order valence-electron chi connectivity index (χ1n) is 4.71. The molecule has 0 aliphatic carbocycles. The molecule has 1 aromatic rings. The molecule has 0 saturated carbocycles. The van der Waals surface area contributed by atoms with Crippen molar-refractivity contribution in [3.05, 3.63) is 16.4 Å². The van der Waals surface area contributed by atoms with Crippen LogP contribution in [-0.2, 0) is 11.2 Å². The van der Waals surface area contributed by atoms with Crippen LogP contribution in [-0.4, -0.2) is 36.0 Å². The molecular weight excluding hydrogens is 186 g/mol. The second-order valence-electron chi connectivity index (χ2n) is 3.24. The minimum atomic E-state index is -0.498. The van der Waals surface area contributed by atoms with Gasteiger partial charge in [-0.15, -0.1) is 5.10 Å². The molecule has 2 rings (SSSR count). The van der Waals surface area contributed by atoms with Crippen LogP contribution in [0.25, 0.3) is 0 Å². The zero-order valence-electron chi connectivity index (χ0n) is 7.78. The van der Waals surface area contributed by atoms with Crippen LogP contribution in [0.15, 0.2) is 9.21 Å². The molecule has 78 valence electrons. The highest BCUT2D eigenvalue weighted by molar-refractivity contribution is 4.77. The molecule has 1 fully saturated rings. The van der Waals surface area contributed by atoms with Crippen molar-refractivity contribution < 1.29 is 9.15 Å². The molecule has 0 radical (unpaired) electrons. The second kappa shape index (κ2) is 4.39. The Balaban J connectivity index is 1.78. The van der Waals surface area contributed by atoms with E-state index in [1.54, 1.807) is 0 Å². The van der Waals surface area contributed by atoms with E-state index in [4.69, 9.17) is 9.15 Å². The Labute approximate surface area is 80.6 Å². The first-order valence-corrected chi connectivity index (χ1v) is 4.71. The van der Waals surface area contributed by atoms with Gasteiger partial charge in [0.2, 0.25) is 5.89 Å². The summed E-state index contributed by atoms with van der Waals surface area (Å²) in [6.45, 7) is 2.51. The van der Waals surface area contributed by atoms with E-state index in [0.717, 1.165) is 26.1 Å². The summed E-state index contributed by atoms with van der Waals surface area (Å²) >= 11 is 0. The summed E-state index contributed by atoms with van der Waals surface area (Å²) in [6.07, 6.45) is 1.65. The summed E-state index contributed by atoms with van der Waals surface area (Å²) in [5.74, 6) is -0.0492. The number of nitrogens with one attached hydrogen (secondary N) is 2. The average molecular weight is 199 g/mol. The first-order chi connectivity index (χ1) is 6.84. The highest BCUT2D eigenvalue weighted by atomic mass is 16.5. The molecule has 0 aromatic carbocycles. The van der Waals surface area contributed by atoms with E-state index in [9.17, 15) is 4.79 Å². The normalized spacial score (nSPS) is 22.4. The van der Waals surface area contributed by atoms with Gasteiger partial charge >= 0.3 is 5.76 Å².